The Morgan fingerprint density at radius 1 is 1.17 bits per heavy atom. The highest BCUT2D eigenvalue weighted by Crippen LogP contribution is 2.29. The summed E-state index contributed by atoms with van der Waals surface area (Å²) >= 11 is 0. The molecule has 0 radical (unpaired) electrons. The van der Waals surface area contributed by atoms with Crippen molar-refractivity contribution in [3.05, 3.63) is 53.9 Å². The molecule has 6 heteroatoms. The molecule has 0 aliphatic rings. The van der Waals surface area contributed by atoms with E-state index in [0.717, 1.165) is 16.9 Å². The maximum Gasteiger partial charge on any atom is 0.240 e. The Balaban J connectivity index is 2.23. The van der Waals surface area contributed by atoms with E-state index in [-0.39, 0.29) is 17.4 Å². The third-order valence-corrected chi connectivity index (χ3v) is 4.83. The lowest BCUT2D eigenvalue weighted by atomic mass is 10.0. The zero-order valence-corrected chi connectivity index (χ0v) is 14.4. The van der Waals surface area contributed by atoms with Crippen LogP contribution in [0.4, 0.5) is 0 Å². The van der Waals surface area contributed by atoms with Crippen molar-refractivity contribution in [1.82, 2.24) is 9.71 Å². The first kappa shape index (κ1) is 17.4. The van der Waals surface area contributed by atoms with Crippen LogP contribution in [0.5, 0.6) is 5.75 Å². The zero-order chi connectivity index (χ0) is 16.9. The van der Waals surface area contributed by atoms with Gasteiger partial charge in [-0.1, -0.05) is 13.8 Å². The highest BCUT2D eigenvalue weighted by atomic mass is 32.2. The van der Waals surface area contributed by atoms with Crippen molar-refractivity contribution in [1.29, 1.82) is 0 Å². The van der Waals surface area contributed by atoms with Crippen molar-refractivity contribution < 1.29 is 13.2 Å². The van der Waals surface area contributed by atoms with Gasteiger partial charge in [0.25, 0.3) is 0 Å². The normalized spacial score (nSPS) is 11.7. The number of pyridine rings is 1. The largest absolute Gasteiger partial charge is 0.494 e. The van der Waals surface area contributed by atoms with E-state index < -0.39 is 10.0 Å². The summed E-state index contributed by atoms with van der Waals surface area (Å²) in [6, 6.07) is 8.54. The minimum Gasteiger partial charge on any atom is -0.494 e. The van der Waals surface area contributed by atoms with E-state index in [2.05, 4.69) is 9.71 Å². The minimum atomic E-state index is -3.57. The van der Waals surface area contributed by atoms with Gasteiger partial charge in [-0.15, -0.1) is 0 Å². The lowest BCUT2D eigenvalue weighted by Gasteiger charge is -2.15. The van der Waals surface area contributed by atoms with Crippen molar-refractivity contribution in [2.45, 2.75) is 38.1 Å². The van der Waals surface area contributed by atoms with Gasteiger partial charge in [0, 0.05) is 18.9 Å². The van der Waals surface area contributed by atoms with E-state index in [4.69, 9.17) is 4.74 Å². The van der Waals surface area contributed by atoms with Crippen LogP contribution >= 0.6 is 0 Å². The monoisotopic (exact) mass is 334 g/mol. The van der Waals surface area contributed by atoms with Crippen LogP contribution in [0.3, 0.4) is 0 Å². The molecular weight excluding hydrogens is 312 g/mol. The standard InChI is InChI=1S/C17H22N2O3S/c1-4-22-17-6-5-15(11-16(17)13(2)3)23(20,21)19-12-14-7-9-18-10-8-14/h5-11,13,19H,4,12H2,1-3H3. The molecule has 0 atom stereocenters. The fraction of sp³-hybridized carbons (Fsp3) is 0.353. The average Bonchev–Trinajstić information content (AvgIpc) is 2.54. The SMILES string of the molecule is CCOc1ccc(S(=O)(=O)NCc2ccncc2)cc1C(C)C. The molecule has 23 heavy (non-hydrogen) atoms. The molecule has 124 valence electrons. The Kier molecular flexibility index (Phi) is 5.74. The quantitative estimate of drug-likeness (QED) is 0.845. The summed E-state index contributed by atoms with van der Waals surface area (Å²) in [5, 5.41) is 0. The van der Waals surface area contributed by atoms with Gasteiger partial charge in [-0.25, -0.2) is 13.1 Å². The Morgan fingerprint density at radius 3 is 2.48 bits per heavy atom. The molecule has 0 fully saturated rings. The van der Waals surface area contributed by atoms with Gasteiger partial charge in [-0.05, 0) is 54.3 Å². The first-order valence-corrected chi connectivity index (χ1v) is 9.07. The van der Waals surface area contributed by atoms with Crippen molar-refractivity contribution in [3.8, 4) is 5.75 Å². The van der Waals surface area contributed by atoms with Crippen molar-refractivity contribution in [2.75, 3.05) is 6.61 Å². The zero-order valence-electron chi connectivity index (χ0n) is 13.6. The molecule has 1 N–H and O–H groups in total. The van der Waals surface area contributed by atoms with Gasteiger partial charge in [0.1, 0.15) is 5.75 Å². The maximum atomic E-state index is 12.5. The number of nitrogens with zero attached hydrogens (tertiary/aromatic N) is 1. The van der Waals surface area contributed by atoms with Crippen LogP contribution in [0.25, 0.3) is 0 Å². The molecular formula is C17H22N2O3S. The molecule has 0 saturated heterocycles. The third-order valence-electron chi connectivity index (χ3n) is 3.43. The van der Waals surface area contributed by atoms with E-state index >= 15 is 0 Å². The summed E-state index contributed by atoms with van der Waals surface area (Å²) in [6.07, 6.45) is 3.27. The van der Waals surface area contributed by atoms with Gasteiger partial charge >= 0.3 is 0 Å². The van der Waals surface area contributed by atoms with Crippen LogP contribution in [0.1, 0.15) is 37.8 Å². The van der Waals surface area contributed by atoms with E-state index in [1.807, 2.05) is 20.8 Å². The van der Waals surface area contributed by atoms with Crippen LogP contribution in [-0.4, -0.2) is 20.0 Å². The lowest BCUT2D eigenvalue weighted by molar-refractivity contribution is 0.335. The summed E-state index contributed by atoms with van der Waals surface area (Å²) in [7, 11) is -3.57. The Labute approximate surface area is 137 Å². The predicted octanol–water partition coefficient (Wildman–Crippen LogP) is 3.08. The molecule has 1 aromatic carbocycles. The van der Waals surface area contributed by atoms with Crippen LogP contribution in [0.2, 0.25) is 0 Å². The van der Waals surface area contributed by atoms with Crippen molar-refractivity contribution >= 4 is 10.0 Å². The second-order valence-corrected chi connectivity index (χ2v) is 7.23. The van der Waals surface area contributed by atoms with E-state index in [1.165, 1.54) is 0 Å². The van der Waals surface area contributed by atoms with Crippen LogP contribution in [-0.2, 0) is 16.6 Å². The predicted molar refractivity (Wildman–Crippen MR) is 90.0 cm³/mol. The maximum absolute atomic E-state index is 12.5. The molecule has 2 rings (SSSR count). The molecule has 0 amide bonds. The van der Waals surface area contributed by atoms with E-state index in [9.17, 15) is 8.42 Å². The minimum absolute atomic E-state index is 0.173. The van der Waals surface area contributed by atoms with Gasteiger partial charge in [-0.2, -0.15) is 0 Å². The Morgan fingerprint density at radius 2 is 1.87 bits per heavy atom. The summed E-state index contributed by atoms with van der Waals surface area (Å²) in [5.74, 6) is 0.905. The third kappa shape index (κ3) is 4.53. The van der Waals surface area contributed by atoms with Gasteiger partial charge in [0.15, 0.2) is 0 Å². The molecule has 1 aromatic heterocycles. The Hall–Kier alpha value is -1.92. The van der Waals surface area contributed by atoms with Gasteiger partial charge in [0.05, 0.1) is 11.5 Å². The molecule has 2 aromatic rings. The number of nitrogens with one attached hydrogen (secondary N) is 1. The summed E-state index contributed by atoms with van der Waals surface area (Å²) < 4.78 is 33.1. The number of aromatic nitrogens is 1. The molecule has 0 unspecified atom stereocenters. The first-order chi connectivity index (χ1) is 10.9. The number of hydrogen-bond acceptors (Lipinski definition) is 4. The molecule has 0 aliphatic carbocycles. The van der Waals surface area contributed by atoms with Gasteiger partial charge < -0.3 is 4.74 Å². The number of sulfonamides is 1. The number of benzene rings is 1. The fourth-order valence-electron chi connectivity index (χ4n) is 2.19. The molecule has 1 heterocycles. The second-order valence-electron chi connectivity index (χ2n) is 5.47. The number of hydrogen-bond donors (Lipinski definition) is 1. The number of ether oxygens (including phenoxy) is 1. The molecule has 0 aliphatic heterocycles. The molecule has 0 bridgehead atoms. The Bertz CT molecular complexity index is 744. The van der Waals surface area contributed by atoms with E-state index in [0.29, 0.717) is 6.61 Å². The van der Waals surface area contributed by atoms with Crippen LogP contribution in [0.15, 0.2) is 47.6 Å². The average molecular weight is 334 g/mol. The fourth-order valence-corrected chi connectivity index (χ4v) is 3.25. The van der Waals surface area contributed by atoms with Crippen molar-refractivity contribution in [3.63, 3.8) is 0 Å². The summed E-state index contributed by atoms with van der Waals surface area (Å²) in [5.41, 5.74) is 1.75. The van der Waals surface area contributed by atoms with Crippen LogP contribution < -0.4 is 9.46 Å². The smallest absolute Gasteiger partial charge is 0.240 e. The van der Waals surface area contributed by atoms with Gasteiger partial charge in [-0.3, -0.25) is 4.98 Å². The molecule has 0 spiro atoms. The topological polar surface area (TPSA) is 68.3 Å². The summed E-state index contributed by atoms with van der Waals surface area (Å²) in [4.78, 5) is 4.16. The highest BCUT2D eigenvalue weighted by Gasteiger charge is 2.17. The molecule has 5 nitrogen and oxygen atoms in total. The highest BCUT2D eigenvalue weighted by molar-refractivity contribution is 7.89. The molecule has 0 saturated carbocycles. The van der Waals surface area contributed by atoms with Gasteiger partial charge in [0.2, 0.25) is 10.0 Å². The summed E-state index contributed by atoms with van der Waals surface area (Å²) in [6.45, 7) is 6.71. The number of rotatable bonds is 7. The lowest BCUT2D eigenvalue weighted by Crippen LogP contribution is -2.23. The van der Waals surface area contributed by atoms with Crippen LogP contribution in [0, 0.1) is 0 Å². The van der Waals surface area contributed by atoms with Crippen molar-refractivity contribution in [2.24, 2.45) is 0 Å². The first-order valence-electron chi connectivity index (χ1n) is 7.59. The second kappa shape index (κ2) is 7.57. The van der Waals surface area contributed by atoms with E-state index in [1.54, 1.807) is 42.7 Å².